The van der Waals surface area contributed by atoms with Gasteiger partial charge in [-0.15, -0.1) is 0 Å². The molecule has 1 aromatic carbocycles. The number of amides is 4. The number of anilines is 1. The molecule has 1 fully saturated rings. The molecule has 6 nitrogen and oxygen atoms in total. The minimum absolute atomic E-state index is 0.120. The number of carbonyl (C=O) groups excluding carboxylic acids is 3. The lowest BCUT2D eigenvalue weighted by Gasteiger charge is -2.26. The zero-order chi connectivity index (χ0) is 16.6. The van der Waals surface area contributed by atoms with Crippen LogP contribution in [0.25, 0.3) is 6.08 Å². The molecular weight excluding hydrogens is 296 g/mol. The van der Waals surface area contributed by atoms with Gasteiger partial charge < -0.3 is 4.42 Å². The summed E-state index contributed by atoms with van der Waals surface area (Å²) in [5, 5.41) is 2.19. The minimum Gasteiger partial charge on any atom is -0.472 e. The maximum atomic E-state index is 12.6. The Kier molecular flexibility index (Phi) is 3.57. The predicted molar refractivity (Wildman–Crippen MR) is 83.6 cm³/mol. The summed E-state index contributed by atoms with van der Waals surface area (Å²) in [4.78, 5) is 37.7. The molecule has 0 aliphatic carbocycles. The molecule has 23 heavy (non-hydrogen) atoms. The molecular formula is C17H14N2O4. The van der Waals surface area contributed by atoms with Crippen LogP contribution in [-0.4, -0.2) is 17.8 Å². The molecule has 1 saturated heterocycles. The summed E-state index contributed by atoms with van der Waals surface area (Å²) in [6.45, 7) is 3.74. The molecule has 1 aromatic heterocycles. The number of nitrogens with zero attached hydrogens (tertiary/aromatic N) is 1. The fraction of sp³-hybridized carbons (Fsp3) is 0.118. The van der Waals surface area contributed by atoms with Gasteiger partial charge >= 0.3 is 6.03 Å². The van der Waals surface area contributed by atoms with E-state index in [1.54, 1.807) is 18.2 Å². The van der Waals surface area contributed by atoms with Crippen LogP contribution in [0.4, 0.5) is 10.5 Å². The second-order valence-electron chi connectivity index (χ2n) is 5.36. The number of carbonyl (C=O) groups is 3. The van der Waals surface area contributed by atoms with E-state index in [1.807, 2.05) is 19.9 Å². The molecule has 2 heterocycles. The summed E-state index contributed by atoms with van der Waals surface area (Å²) in [6.07, 6.45) is 4.23. The highest BCUT2D eigenvalue weighted by molar-refractivity contribution is 6.39. The maximum Gasteiger partial charge on any atom is 0.335 e. The number of furan rings is 1. The molecule has 0 spiro atoms. The van der Waals surface area contributed by atoms with Gasteiger partial charge in [-0.1, -0.05) is 6.07 Å². The van der Waals surface area contributed by atoms with Crippen molar-refractivity contribution in [3.05, 3.63) is 59.1 Å². The van der Waals surface area contributed by atoms with Crippen LogP contribution in [-0.2, 0) is 9.59 Å². The third kappa shape index (κ3) is 2.78. The lowest BCUT2D eigenvalue weighted by molar-refractivity contribution is -0.122. The van der Waals surface area contributed by atoms with Crippen LogP contribution < -0.4 is 10.2 Å². The van der Waals surface area contributed by atoms with Crippen molar-refractivity contribution in [2.75, 3.05) is 4.90 Å². The molecule has 0 radical (unpaired) electrons. The number of rotatable bonds is 2. The quantitative estimate of drug-likeness (QED) is 0.683. The molecule has 3 rings (SSSR count). The van der Waals surface area contributed by atoms with Crippen molar-refractivity contribution in [3.8, 4) is 0 Å². The largest absolute Gasteiger partial charge is 0.472 e. The van der Waals surface area contributed by atoms with E-state index in [1.165, 1.54) is 18.6 Å². The summed E-state index contributed by atoms with van der Waals surface area (Å²) >= 11 is 0. The second kappa shape index (κ2) is 5.57. The highest BCUT2D eigenvalue weighted by Gasteiger charge is 2.36. The van der Waals surface area contributed by atoms with Crippen molar-refractivity contribution >= 4 is 29.6 Å². The Bertz CT molecular complexity index is 814. The maximum absolute atomic E-state index is 12.6. The van der Waals surface area contributed by atoms with Crippen molar-refractivity contribution in [1.29, 1.82) is 0 Å². The SMILES string of the molecule is Cc1cc(C)cc(N2C(=O)NC(=O)/C(=C\c3ccoc3)C2=O)c1. The normalized spacial score (nSPS) is 16.9. The molecule has 4 amide bonds. The standard InChI is InChI=1S/C17H14N2O4/c1-10-5-11(2)7-13(6-10)19-16(21)14(15(20)18-17(19)22)8-12-3-4-23-9-12/h3-9H,1-2H3,(H,18,20,22)/b14-8+. The summed E-state index contributed by atoms with van der Waals surface area (Å²) < 4.78 is 4.92. The number of hydrogen-bond donors (Lipinski definition) is 1. The molecule has 2 aromatic rings. The fourth-order valence-corrected chi connectivity index (χ4v) is 2.50. The van der Waals surface area contributed by atoms with Crippen molar-refractivity contribution in [2.45, 2.75) is 13.8 Å². The Balaban J connectivity index is 2.05. The van der Waals surface area contributed by atoms with Crippen molar-refractivity contribution < 1.29 is 18.8 Å². The average molecular weight is 310 g/mol. The van der Waals surface area contributed by atoms with E-state index < -0.39 is 17.8 Å². The van der Waals surface area contributed by atoms with Gasteiger partial charge in [0.05, 0.1) is 18.2 Å². The van der Waals surface area contributed by atoms with Gasteiger partial charge in [0.25, 0.3) is 11.8 Å². The number of hydrogen-bond acceptors (Lipinski definition) is 4. The number of urea groups is 1. The number of aryl methyl sites for hydroxylation is 2. The molecule has 116 valence electrons. The Morgan fingerprint density at radius 1 is 1.09 bits per heavy atom. The van der Waals surface area contributed by atoms with Crippen LogP contribution in [0.2, 0.25) is 0 Å². The molecule has 0 unspecified atom stereocenters. The van der Waals surface area contributed by atoms with E-state index in [0.717, 1.165) is 16.0 Å². The highest BCUT2D eigenvalue weighted by atomic mass is 16.3. The zero-order valence-corrected chi connectivity index (χ0v) is 12.6. The van der Waals surface area contributed by atoms with Gasteiger partial charge in [-0.2, -0.15) is 0 Å². The Labute approximate surface area is 132 Å². The second-order valence-corrected chi connectivity index (χ2v) is 5.36. The van der Waals surface area contributed by atoms with Crippen LogP contribution in [0.5, 0.6) is 0 Å². The van der Waals surface area contributed by atoms with E-state index >= 15 is 0 Å². The van der Waals surface area contributed by atoms with E-state index in [4.69, 9.17) is 4.42 Å². The summed E-state index contributed by atoms with van der Waals surface area (Å²) in [6, 6.07) is 6.23. The molecule has 0 atom stereocenters. The number of nitrogens with one attached hydrogen (secondary N) is 1. The lowest BCUT2D eigenvalue weighted by atomic mass is 10.1. The third-order valence-electron chi connectivity index (χ3n) is 3.42. The molecule has 1 aliphatic rings. The van der Waals surface area contributed by atoms with Gasteiger partial charge in [0.2, 0.25) is 0 Å². The van der Waals surface area contributed by atoms with Crippen molar-refractivity contribution in [3.63, 3.8) is 0 Å². The van der Waals surface area contributed by atoms with Crippen molar-refractivity contribution in [2.24, 2.45) is 0 Å². The first kappa shape index (κ1) is 14.8. The Morgan fingerprint density at radius 2 is 1.78 bits per heavy atom. The average Bonchev–Trinajstić information content (AvgIpc) is 2.95. The zero-order valence-electron chi connectivity index (χ0n) is 12.6. The van der Waals surface area contributed by atoms with E-state index in [0.29, 0.717) is 11.3 Å². The monoisotopic (exact) mass is 310 g/mol. The third-order valence-corrected chi connectivity index (χ3v) is 3.42. The van der Waals surface area contributed by atoms with E-state index in [-0.39, 0.29) is 5.57 Å². The molecule has 6 heteroatoms. The summed E-state index contributed by atoms with van der Waals surface area (Å²) in [5.41, 5.74) is 2.70. The number of benzene rings is 1. The first-order chi connectivity index (χ1) is 11.0. The Morgan fingerprint density at radius 3 is 2.39 bits per heavy atom. The first-order valence-electron chi connectivity index (χ1n) is 6.97. The minimum atomic E-state index is -0.755. The van der Waals surface area contributed by atoms with Crippen molar-refractivity contribution in [1.82, 2.24) is 5.32 Å². The number of barbiturate groups is 1. The fourth-order valence-electron chi connectivity index (χ4n) is 2.50. The molecule has 0 bridgehead atoms. The summed E-state index contributed by atoms with van der Waals surface area (Å²) in [7, 11) is 0. The van der Waals surface area contributed by atoms with Gasteiger partial charge in [-0.3, -0.25) is 14.9 Å². The predicted octanol–water partition coefficient (Wildman–Crippen LogP) is 2.56. The van der Waals surface area contributed by atoms with Crippen LogP contribution in [0.3, 0.4) is 0 Å². The molecule has 0 saturated carbocycles. The van der Waals surface area contributed by atoms with E-state index in [2.05, 4.69) is 5.32 Å². The molecule has 1 aliphatic heterocycles. The van der Waals surface area contributed by atoms with Crippen LogP contribution in [0.1, 0.15) is 16.7 Å². The molecule has 1 N–H and O–H groups in total. The smallest absolute Gasteiger partial charge is 0.335 e. The van der Waals surface area contributed by atoms with E-state index in [9.17, 15) is 14.4 Å². The highest BCUT2D eigenvalue weighted by Crippen LogP contribution is 2.24. The topological polar surface area (TPSA) is 79.6 Å². The van der Waals surface area contributed by atoms with Gasteiger partial charge in [-0.25, -0.2) is 9.69 Å². The van der Waals surface area contributed by atoms with Gasteiger partial charge in [0.15, 0.2) is 0 Å². The van der Waals surface area contributed by atoms with Gasteiger partial charge in [-0.05, 0) is 49.2 Å². The van der Waals surface area contributed by atoms with Crippen LogP contribution in [0.15, 0.2) is 46.8 Å². The number of imide groups is 2. The lowest BCUT2D eigenvalue weighted by Crippen LogP contribution is -2.54. The van der Waals surface area contributed by atoms with Gasteiger partial charge in [0, 0.05) is 5.56 Å². The van der Waals surface area contributed by atoms with Gasteiger partial charge in [0.1, 0.15) is 5.57 Å². The van der Waals surface area contributed by atoms with Crippen LogP contribution in [0, 0.1) is 13.8 Å². The van der Waals surface area contributed by atoms with Crippen LogP contribution >= 0.6 is 0 Å². The summed E-state index contributed by atoms with van der Waals surface area (Å²) in [5.74, 6) is -1.38. The first-order valence-corrected chi connectivity index (χ1v) is 6.97. The Hall–Kier alpha value is -3.15.